The average Bonchev–Trinajstić information content (AvgIpc) is 3.02. The predicted octanol–water partition coefficient (Wildman–Crippen LogP) is 7.47. The Bertz CT molecular complexity index is 1160. The largest absolute Gasteiger partial charge is 0.486 e. The molecule has 1 heterocycles. The first-order chi connectivity index (χ1) is 14.9. The number of para-hydroxylation sites is 1. The molecule has 2 amide bonds. The van der Waals surface area contributed by atoms with Crippen molar-refractivity contribution in [2.75, 3.05) is 4.90 Å². The molecule has 0 unspecified atom stereocenters. The average molecular weight is 491 g/mol. The van der Waals surface area contributed by atoms with Crippen molar-refractivity contribution >= 4 is 69.5 Å². The molecule has 0 bridgehead atoms. The number of imide groups is 1. The van der Waals surface area contributed by atoms with Crippen molar-refractivity contribution < 1.29 is 14.3 Å². The number of ether oxygens (including phenoxy) is 1. The summed E-state index contributed by atoms with van der Waals surface area (Å²) in [4.78, 5) is 26.5. The summed E-state index contributed by atoms with van der Waals surface area (Å²) in [6, 6.07) is 19.3. The molecule has 8 heteroatoms. The fraction of sp³-hybridized carbons (Fsp3) is 0.0435. The molecule has 0 spiro atoms. The highest BCUT2D eigenvalue weighted by Crippen LogP contribution is 2.39. The second-order valence-electron chi connectivity index (χ2n) is 6.58. The number of rotatable bonds is 5. The zero-order valence-electron chi connectivity index (χ0n) is 15.8. The molecule has 0 saturated carbocycles. The summed E-state index contributed by atoms with van der Waals surface area (Å²) in [5.74, 6) is -0.0515. The monoisotopic (exact) mass is 489 g/mol. The van der Waals surface area contributed by atoms with Crippen LogP contribution < -0.4 is 9.64 Å². The first-order valence-electron chi connectivity index (χ1n) is 9.11. The number of hydrogen-bond acceptors (Lipinski definition) is 4. The Hall–Kier alpha value is -2.44. The van der Waals surface area contributed by atoms with E-state index in [1.54, 1.807) is 54.6 Å². The van der Waals surface area contributed by atoms with Gasteiger partial charge in [0, 0.05) is 5.02 Å². The van der Waals surface area contributed by atoms with Gasteiger partial charge in [-0.3, -0.25) is 9.59 Å². The molecule has 1 saturated heterocycles. The van der Waals surface area contributed by atoms with Crippen molar-refractivity contribution in [2.24, 2.45) is 0 Å². The first-order valence-corrected chi connectivity index (χ1v) is 11.1. The molecule has 3 aromatic rings. The summed E-state index contributed by atoms with van der Waals surface area (Å²) in [5, 5.41) is 0.883. The molecule has 0 N–H and O–H groups in total. The van der Waals surface area contributed by atoms with Crippen LogP contribution in [0.2, 0.25) is 15.1 Å². The molecule has 1 aliphatic rings. The lowest BCUT2D eigenvalue weighted by molar-refractivity contribution is -0.113. The minimum atomic E-state index is -0.392. The van der Waals surface area contributed by atoms with Gasteiger partial charge in [0.25, 0.3) is 11.1 Å². The summed E-state index contributed by atoms with van der Waals surface area (Å²) < 4.78 is 5.77. The van der Waals surface area contributed by atoms with E-state index in [1.807, 2.05) is 18.2 Å². The number of carbonyl (C=O) groups excluding carboxylic acids is 2. The third-order valence-electron chi connectivity index (χ3n) is 4.42. The van der Waals surface area contributed by atoms with Gasteiger partial charge in [-0.15, -0.1) is 0 Å². The van der Waals surface area contributed by atoms with Gasteiger partial charge in [0.1, 0.15) is 6.61 Å². The quantitative estimate of drug-likeness (QED) is 0.348. The first kappa shape index (κ1) is 21.8. The van der Waals surface area contributed by atoms with Crippen molar-refractivity contribution in [2.45, 2.75) is 6.61 Å². The van der Waals surface area contributed by atoms with Crippen molar-refractivity contribution in [1.82, 2.24) is 0 Å². The van der Waals surface area contributed by atoms with E-state index in [2.05, 4.69) is 0 Å². The normalized spacial score (nSPS) is 15.1. The fourth-order valence-electron chi connectivity index (χ4n) is 2.96. The van der Waals surface area contributed by atoms with Crippen LogP contribution in [-0.4, -0.2) is 11.1 Å². The topological polar surface area (TPSA) is 46.6 Å². The summed E-state index contributed by atoms with van der Waals surface area (Å²) in [5.41, 5.74) is 2.03. The van der Waals surface area contributed by atoms with Gasteiger partial charge >= 0.3 is 0 Å². The molecular formula is C23H14Cl3NO3S. The summed E-state index contributed by atoms with van der Waals surface area (Å²) in [6.07, 6.45) is 1.59. The van der Waals surface area contributed by atoms with Crippen LogP contribution in [0.3, 0.4) is 0 Å². The predicted molar refractivity (Wildman–Crippen MR) is 127 cm³/mol. The Morgan fingerprint density at radius 3 is 2.19 bits per heavy atom. The second kappa shape index (κ2) is 9.37. The number of thioether (sulfide) groups is 1. The Balaban J connectivity index is 1.54. The zero-order chi connectivity index (χ0) is 22.0. The van der Waals surface area contributed by atoms with E-state index in [-0.39, 0.29) is 16.8 Å². The summed E-state index contributed by atoms with van der Waals surface area (Å²) in [7, 11) is 0. The molecule has 0 aromatic heterocycles. The Kier molecular flexibility index (Phi) is 6.58. The molecule has 4 rings (SSSR count). The van der Waals surface area contributed by atoms with Gasteiger partial charge in [0.2, 0.25) is 0 Å². The number of benzene rings is 3. The minimum absolute atomic E-state index is 0.270. The lowest BCUT2D eigenvalue weighted by Crippen LogP contribution is -2.27. The maximum atomic E-state index is 12.8. The molecule has 4 nitrogen and oxygen atoms in total. The molecule has 0 atom stereocenters. The van der Waals surface area contributed by atoms with Gasteiger partial charge in [-0.25, -0.2) is 4.90 Å². The van der Waals surface area contributed by atoms with Gasteiger partial charge in [-0.2, -0.15) is 0 Å². The number of hydrogen-bond donors (Lipinski definition) is 0. The van der Waals surface area contributed by atoms with Crippen LogP contribution in [0.25, 0.3) is 6.08 Å². The van der Waals surface area contributed by atoms with Crippen LogP contribution in [-0.2, 0) is 11.4 Å². The second-order valence-corrected chi connectivity index (χ2v) is 8.83. The maximum absolute atomic E-state index is 12.8. The van der Waals surface area contributed by atoms with E-state index in [0.29, 0.717) is 32.1 Å². The SMILES string of the molecule is O=C1S/C(=C\c2cc(Cl)c(OCc3ccc(Cl)cc3)c(Cl)c2)C(=O)N1c1ccccc1. The Morgan fingerprint density at radius 1 is 0.903 bits per heavy atom. The molecule has 0 radical (unpaired) electrons. The van der Waals surface area contributed by atoms with Crippen LogP contribution in [0.5, 0.6) is 5.75 Å². The highest BCUT2D eigenvalue weighted by atomic mass is 35.5. The number of halogens is 3. The third kappa shape index (κ3) is 4.91. The van der Waals surface area contributed by atoms with E-state index < -0.39 is 5.91 Å². The van der Waals surface area contributed by atoms with Gasteiger partial charge in [-0.05, 0) is 65.4 Å². The smallest absolute Gasteiger partial charge is 0.298 e. The molecule has 1 aliphatic heterocycles. The van der Waals surface area contributed by atoms with Crippen molar-refractivity contribution in [1.29, 1.82) is 0 Å². The van der Waals surface area contributed by atoms with Gasteiger partial charge < -0.3 is 4.74 Å². The number of carbonyl (C=O) groups is 2. The summed E-state index contributed by atoms with van der Waals surface area (Å²) in [6.45, 7) is 0.270. The Morgan fingerprint density at radius 2 is 1.55 bits per heavy atom. The minimum Gasteiger partial charge on any atom is -0.486 e. The molecule has 31 heavy (non-hydrogen) atoms. The summed E-state index contributed by atoms with van der Waals surface area (Å²) >= 11 is 19.5. The van der Waals surface area contributed by atoms with E-state index in [1.165, 1.54) is 0 Å². The molecule has 1 fully saturated rings. The highest BCUT2D eigenvalue weighted by Gasteiger charge is 2.36. The lowest BCUT2D eigenvalue weighted by Gasteiger charge is -2.12. The molecule has 156 valence electrons. The van der Waals surface area contributed by atoms with Crippen LogP contribution in [0.15, 0.2) is 71.6 Å². The standard InChI is InChI=1S/C23H14Cl3NO3S/c24-16-8-6-14(7-9-16)13-30-21-18(25)10-15(11-19(21)26)12-20-22(28)27(23(29)31-20)17-4-2-1-3-5-17/h1-12H,13H2/b20-12-. The number of nitrogens with zero attached hydrogens (tertiary/aromatic N) is 1. The van der Waals surface area contributed by atoms with Crippen LogP contribution >= 0.6 is 46.6 Å². The van der Waals surface area contributed by atoms with Crippen LogP contribution in [0.1, 0.15) is 11.1 Å². The van der Waals surface area contributed by atoms with Crippen LogP contribution in [0, 0.1) is 0 Å². The fourth-order valence-corrected chi connectivity index (χ4v) is 4.54. The van der Waals surface area contributed by atoms with Gasteiger partial charge in [-0.1, -0.05) is 65.1 Å². The van der Waals surface area contributed by atoms with Gasteiger partial charge in [0.05, 0.1) is 20.6 Å². The van der Waals surface area contributed by atoms with Crippen molar-refractivity contribution in [3.05, 3.63) is 97.8 Å². The molecular weight excluding hydrogens is 477 g/mol. The lowest BCUT2D eigenvalue weighted by atomic mass is 10.2. The molecule has 3 aromatic carbocycles. The van der Waals surface area contributed by atoms with Gasteiger partial charge in [0.15, 0.2) is 5.75 Å². The van der Waals surface area contributed by atoms with E-state index >= 15 is 0 Å². The van der Waals surface area contributed by atoms with Crippen molar-refractivity contribution in [3.63, 3.8) is 0 Å². The van der Waals surface area contributed by atoms with Crippen LogP contribution in [0.4, 0.5) is 10.5 Å². The number of amides is 2. The highest BCUT2D eigenvalue weighted by molar-refractivity contribution is 8.19. The van der Waals surface area contributed by atoms with E-state index in [0.717, 1.165) is 22.2 Å². The Labute approximate surface area is 198 Å². The third-order valence-corrected chi connectivity index (χ3v) is 6.11. The van der Waals surface area contributed by atoms with Crippen molar-refractivity contribution in [3.8, 4) is 5.75 Å². The van der Waals surface area contributed by atoms with E-state index in [9.17, 15) is 9.59 Å². The van der Waals surface area contributed by atoms with E-state index in [4.69, 9.17) is 39.5 Å². The zero-order valence-corrected chi connectivity index (χ0v) is 18.9. The maximum Gasteiger partial charge on any atom is 0.298 e. The molecule has 0 aliphatic carbocycles. The number of anilines is 1.